The van der Waals surface area contributed by atoms with Crippen molar-refractivity contribution in [1.29, 1.82) is 0 Å². The molecule has 0 amide bonds. The number of anilines is 1. The van der Waals surface area contributed by atoms with Crippen molar-refractivity contribution in [3.63, 3.8) is 0 Å². The van der Waals surface area contributed by atoms with Gasteiger partial charge in [0.05, 0.1) is 12.0 Å². The van der Waals surface area contributed by atoms with Gasteiger partial charge >= 0.3 is 5.69 Å². The molecule has 7 nitrogen and oxygen atoms in total. The van der Waals surface area contributed by atoms with Gasteiger partial charge in [-0.1, -0.05) is 0 Å². The molecular weight excluding hydrogens is 320 g/mol. The molecule has 3 aliphatic heterocycles. The molecule has 0 bridgehead atoms. The monoisotopic (exact) mass is 346 g/mol. The molecule has 25 heavy (non-hydrogen) atoms. The fourth-order valence-corrected chi connectivity index (χ4v) is 4.45. The van der Waals surface area contributed by atoms with Crippen LogP contribution in [0.1, 0.15) is 18.4 Å². The predicted octanol–water partition coefficient (Wildman–Crippen LogP) is 1.79. The third-order valence-corrected chi connectivity index (χ3v) is 6.21. The average Bonchev–Trinajstić information content (AvgIpc) is 2.52. The van der Waals surface area contributed by atoms with Crippen molar-refractivity contribution in [2.24, 2.45) is 5.41 Å². The number of nitrogens with zero attached hydrogens (tertiary/aromatic N) is 3. The summed E-state index contributed by atoms with van der Waals surface area (Å²) in [6, 6.07) is 4.22. The van der Waals surface area contributed by atoms with Gasteiger partial charge in [0.2, 0.25) is 0 Å². The first-order chi connectivity index (χ1) is 12.0. The maximum atomic E-state index is 11.2. The van der Waals surface area contributed by atoms with E-state index in [1.165, 1.54) is 33.0 Å². The van der Waals surface area contributed by atoms with Crippen molar-refractivity contribution in [1.82, 2.24) is 10.2 Å². The highest BCUT2D eigenvalue weighted by Gasteiger charge is 2.47. The number of nitro groups is 1. The predicted molar refractivity (Wildman–Crippen MR) is 96.5 cm³/mol. The highest BCUT2D eigenvalue weighted by Crippen LogP contribution is 2.44. The van der Waals surface area contributed by atoms with Crippen LogP contribution in [0.15, 0.2) is 12.1 Å². The van der Waals surface area contributed by atoms with Crippen LogP contribution in [0.5, 0.6) is 5.75 Å². The maximum Gasteiger partial charge on any atom is 0.311 e. The van der Waals surface area contributed by atoms with Gasteiger partial charge in [0.15, 0.2) is 5.75 Å². The fraction of sp³-hybridized carbons (Fsp3) is 0.667. The second kappa shape index (κ2) is 6.14. The average molecular weight is 346 g/mol. The number of benzene rings is 1. The largest absolute Gasteiger partial charge is 0.490 e. The van der Waals surface area contributed by atoms with Crippen LogP contribution in [0.2, 0.25) is 0 Å². The Labute approximate surface area is 148 Å². The molecule has 1 aromatic rings. The number of methoxy groups -OCH3 is 1. The minimum Gasteiger partial charge on any atom is -0.490 e. The molecule has 0 radical (unpaired) electrons. The summed E-state index contributed by atoms with van der Waals surface area (Å²) in [5, 5.41) is 14.5. The Bertz CT molecular complexity index is 673. The Balaban J connectivity index is 1.43. The first-order valence-electron chi connectivity index (χ1n) is 9.04. The summed E-state index contributed by atoms with van der Waals surface area (Å²) in [6.07, 6.45) is 2.39. The van der Waals surface area contributed by atoms with Crippen LogP contribution in [0.3, 0.4) is 0 Å². The highest BCUT2D eigenvalue weighted by molar-refractivity contribution is 5.64. The van der Waals surface area contributed by atoms with Crippen LogP contribution in [0.25, 0.3) is 0 Å². The van der Waals surface area contributed by atoms with E-state index in [4.69, 9.17) is 4.74 Å². The summed E-state index contributed by atoms with van der Waals surface area (Å²) >= 11 is 0. The quantitative estimate of drug-likeness (QED) is 0.662. The second-order valence-electron chi connectivity index (χ2n) is 7.77. The Morgan fingerprint density at radius 1 is 1.28 bits per heavy atom. The number of ether oxygens (including phenoxy) is 1. The SMILES string of the molecule is COc1cc(N2CCC3(CC2)CN(C2CNC2)C3)c(C)cc1[N+](=O)[O-]. The third kappa shape index (κ3) is 2.85. The molecule has 3 aliphatic rings. The summed E-state index contributed by atoms with van der Waals surface area (Å²) in [4.78, 5) is 15.8. The molecule has 0 saturated carbocycles. The molecule has 1 aromatic carbocycles. The summed E-state index contributed by atoms with van der Waals surface area (Å²) in [6.45, 7) is 8.72. The van der Waals surface area contributed by atoms with E-state index in [1.54, 1.807) is 6.07 Å². The van der Waals surface area contributed by atoms with Gasteiger partial charge < -0.3 is 15.0 Å². The van der Waals surface area contributed by atoms with Gasteiger partial charge in [0.1, 0.15) is 0 Å². The zero-order valence-corrected chi connectivity index (χ0v) is 15.0. The first-order valence-corrected chi connectivity index (χ1v) is 9.04. The van der Waals surface area contributed by atoms with E-state index in [0.29, 0.717) is 11.2 Å². The van der Waals surface area contributed by atoms with E-state index in [-0.39, 0.29) is 10.6 Å². The minimum atomic E-state index is -0.376. The van der Waals surface area contributed by atoms with Crippen LogP contribution in [-0.2, 0) is 0 Å². The Hall–Kier alpha value is -1.86. The number of likely N-dealkylation sites (tertiary alicyclic amines) is 1. The van der Waals surface area contributed by atoms with E-state index in [1.807, 2.05) is 13.0 Å². The van der Waals surface area contributed by atoms with Gasteiger partial charge in [0.25, 0.3) is 0 Å². The maximum absolute atomic E-state index is 11.2. The lowest BCUT2D eigenvalue weighted by molar-refractivity contribution is -0.385. The molecule has 4 rings (SSSR count). The normalized spacial score (nSPS) is 23.2. The Morgan fingerprint density at radius 3 is 2.48 bits per heavy atom. The lowest BCUT2D eigenvalue weighted by Gasteiger charge is -2.58. The van der Waals surface area contributed by atoms with E-state index in [9.17, 15) is 10.1 Å². The highest BCUT2D eigenvalue weighted by atomic mass is 16.6. The molecule has 0 aliphatic carbocycles. The number of hydrogen-bond acceptors (Lipinski definition) is 6. The molecule has 136 valence electrons. The van der Waals surface area contributed by atoms with Gasteiger partial charge in [0, 0.05) is 63.1 Å². The third-order valence-electron chi connectivity index (χ3n) is 6.21. The first kappa shape index (κ1) is 16.6. The van der Waals surface area contributed by atoms with Gasteiger partial charge in [-0.25, -0.2) is 0 Å². The molecule has 1 spiro atoms. The molecule has 7 heteroatoms. The van der Waals surface area contributed by atoms with Gasteiger partial charge in [-0.15, -0.1) is 0 Å². The Kier molecular flexibility index (Phi) is 4.08. The summed E-state index contributed by atoms with van der Waals surface area (Å²) in [5.41, 5.74) is 2.54. The van der Waals surface area contributed by atoms with Crippen LogP contribution in [-0.4, -0.2) is 62.2 Å². The second-order valence-corrected chi connectivity index (χ2v) is 7.77. The van der Waals surface area contributed by atoms with Crippen LogP contribution in [0, 0.1) is 22.5 Å². The zero-order valence-electron chi connectivity index (χ0n) is 15.0. The molecule has 3 heterocycles. The van der Waals surface area contributed by atoms with E-state index < -0.39 is 0 Å². The molecule has 3 saturated heterocycles. The smallest absolute Gasteiger partial charge is 0.311 e. The molecule has 0 aromatic heterocycles. The Morgan fingerprint density at radius 2 is 1.96 bits per heavy atom. The molecule has 1 N–H and O–H groups in total. The van der Waals surface area contributed by atoms with Crippen LogP contribution >= 0.6 is 0 Å². The van der Waals surface area contributed by atoms with E-state index >= 15 is 0 Å². The number of rotatable bonds is 4. The van der Waals surface area contributed by atoms with Gasteiger partial charge in [-0.2, -0.15) is 0 Å². The number of aryl methyl sites for hydroxylation is 1. The van der Waals surface area contributed by atoms with Crippen molar-refractivity contribution in [3.05, 3.63) is 27.8 Å². The number of hydrogen-bond donors (Lipinski definition) is 1. The number of piperidine rings is 1. The number of nitro benzene ring substituents is 1. The van der Waals surface area contributed by atoms with Gasteiger partial charge in [-0.3, -0.25) is 15.0 Å². The zero-order chi connectivity index (χ0) is 17.6. The summed E-state index contributed by atoms with van der Waals surface area (Å²) in [5.74, 6) is 0.346. The lowest BCUT2D eigenvalue weighted by Crippen LogP contribution is -2.69. The van der Waals surface area contributed by atoms with Crippen molar-refractivity contribution >= 4 is 11.4 Å². The molecule has 0 unspecified atom stereocenters. The lowest BCUT2D eigenvalue weighted by atomic mass is 9.71. The van der Waals surface area contributed by atoms with Gasteiger partial charge in [-0.05, 0) is 30.7 Å². The van der Waals surface area contributed by atoms with E-state index in [0.717, 1.165) is 43.5 Å². The van der Waals surface area contributed by atoms with Crippen LogP contribution in [0.4, 0.5) is 11.4 Å². The standard InChI is InChI=1S/C18H26N4O3/c1-13-7-16(22(23)24)17(25-2)8-15(13)20-5-3-18(4-6-20)11-21(12-18)14-9-19-10-14/h7-8,14,19H,3-6,9-12H2,1-2H3. The topological polar surface area (TPSA) is 70.9 Å². The van der Waals surface area contributed by atoms with Crippen LogP contribution < -0.4 is 15.0 Å². The molecular formula is C18H26N4O3. The summed E-state index contributed by atoms with van der Waals surface area (Å²) < 4.78 is 5.24. The minimum absolute atomic E-state index is 0.0426. The number of nitrogens with one attached hydrogen (secondary N) is 1. The molecule has 0 atom stereocenters. The van der Waals surface area contributed by atoms with Crippen molar-refractivity contribution < 1.29 is 9.66 Å². The fourth-order valence-electron chi connectivity index (χ4n) is 4.45. The van der Waals surface area contributed by atoms with E-state index in [2.05, 4.69) is 15.1 Å². The molecule has 3 fully saturated rings. The van der Waals surface area contributed by atoms with Crippen molar-refractivity contribution in [2.75, 3.05) is 51.3 Å². The van der Waals surface area contributed by atoms with Crippen molar-refractivity contribution in [2.45, 2.75) is 25.8 Å². The van der Waals surface area contributed by atoms with Crippen molar-refractivity contribution in [3.8, 4) is 5.75 Å². The summed E-state index contributed by atoms with van der Waals surface area (Å²) in [7, 11) is 1.49.